The van der Waals surface area contributed by atoms with Crippen molar-refractivity contribution in [3.63, 3.8) is 0 Å². The Kier molecular flexibility index (Phi) is 4.79. The fourth-order valence-electron chi connectivity index (χ4n) is 1.83. The van der Waals surface area contributed by atoms with Gasteiger partial charge in [0.1, 0.15) is 11.6 Å². The largest absolute Gasteiger partial charge is 0.497 e. The van der Waals surface area contributed by atoms with Crippen LogP contribution in [0.3, 0.4) is 0 Å². The zero-order valence-corrected chi connectivity index (χ0v) is 13.3. The van der Waals surface area contributed by atoms with Gasteiger partial charge in [-0.25, -0.2) is 4.98 Å². The highest BCUT2D eigenvalue weighted by atomic mass is 79.9. The van der Waals surface area contributed by atoms with E-state index in [4.69, 9.17) is 4.74 Å². The van der Waals surface area contributed by atoms with Crippen molar-refractivity contribution in [2.45, 2.75) is 6.54 Å². The van der Waals surface area contributed by atoms with Gasteiger partial charge in [0, 0.05) is 26.8 Å². The molecule has 0 fully saturated rings. The number of methoxy groups -OCH3 is 1. The maximum Gasteiger partial charge on any atom is 0.224 e. The lowest BCUT2D eigenvalue weighted by molar-refractivity contribution is 0.414. The summed E-state index contributed by atoms with van der Waals surface area (Å²) in [6, 6.07) is 8.00. The molecule has 0 saturated heterocycles. The van der Waals surface area contributed by atoms with E-state index in [1.807, 2.05) is 31.3 Å². The summed E-state index contributed by atoms with van der Waals surface area (Å²) in [6.45, 7) is 0.753. The molecule has 1 aromatic carbocycles. The van der Waals surface area contributed by atoms with Crippen molar-refractivity contribution >= 4 is 27.7 Å². The first kappa shape index (κ1) is 14.6. The van der Waals surface area contributed by atoms with Gasteiger partial charge in [-0.1, -0.05) is 12.1 Å². The van der Waals surface area contributed by atoms with Gasteiger partial charge in [0.15, 0.2) is 0 Å². The van der Waals surface area contributed by atoms with Gasteiger partial charge < -0.3 is 15.0 Å². The molecule has 6 heteroatoms. The molecule has 106 valence electrons. The summed E-state index contributed by atoms with van der Waals surface area (Å²) in [5, 5.41) is 2.94. The Bertz CT molecular complexity index is 574. The highest BCUT2D eigenvalue weighted by molar-refractivity contribution is 9.10. The molecule has 1 heterocycles. The third kappa shape index (κ3) is 3.39. The summed E-state index contributed by atoms with van der Waals surface area (Å²) in [7, 11) is 5.46. The quantitative estimate of drug-likeness (QED) is 0.909. The number of benzene rings is 1. The average Bonchev–Trinajstić information content (AvgIpc) is 2.48. The molecule has 0 unspecified atom stereocenters. The summed E-state index contributed by atoms with van der Waals surface area (Å²) in [5.41, 5.74) is 1.19. The normalized spacial score (nSPS) is 10.2. The third-order valence-corrected chi connectivity index (χ3v) is 3.45. The zero-order valence-electron chi connectivity index (χ0n) is 11.7. The number of aromatic nitrogens is 2. The molecule has 0 aliphatic heterocycles. The highest BCUT2D eigenvalue weighted by Gasteiger charge is 2.10. The van der Waals surface area contributed by atoms with Crippen LogP contribution in [-0.2, 0) is 6.54 Å². The minimum absolute atomic E-state index is 0.602. The van der Waals surface area contributed by atoms with Gasteiger partial charge >= 0.3 is 0 Å². The Balaban J connectivity index is 2.16. The van der Waals surface area contributed by atoms with Crippen LogP contribution in [0.1, 0.15) is 5.56 Å². The smallest absolute Gasteiger partial charge is 0.224 e. The predicted molar refractivity (Wildman–Crippen MR) is 84.4 cm³/mol. The fourth-order valence-corrected chi connectivity index (χ4v) is 2.32. The second-order valence-electron chi connectivity index (χ2n) is 4.32. The van der Waals surface area contributed by atoms with Gasteiger partial charge in [0.25, 0.3) is 0 Å². The number of hydrogen-bond acceptors (Lipinski definition) is 5. The monoisotopic (exact) mass is 336 g/mol. The van der Waals surface area contributed by atoms with Crippen molar-refractivity contribution in [2.24, 2.45) is 0 Å². The number of anilines is 2. The fraction of sp³-hybridized carbons (Fsp3) is 0.286. The van der Waals surface area contributed by atoms with E-state index in [1.165, 1.54) is 5.56 Å². The van der Waals surface area contributed by atoms with Crippen LogP contribution in [0, 0.1) is 0 Å². The van der Waals surface area contributed by atoms with Crippen molar-refractivity contribution in [1.29, 1.82) is 0 Å². The molecule has 2 aromatic rings. The van der Waals surface area contributed by atoms with E-state index in [1.54, 1.807) is 20.4 Å². The maximum absolute atomic E-state index is 5.16. The summed E-state index contributed by atoms with van der Waals surface area (Å²) >= 11 is 3.48. The van der Waals surface area contributed by atoms with Crippen molar-refractivity contribution < 1.29 is 4.74 Å². The van der Waals surface area contributed by atoms with Crippen LogP contribution in [0.25, 0.3) is 0 Å². The third-order valence-electron chi connectivity index (χ3n) is 2.89. The maximum atomic E-state index is 5.16. The molecular formula is C14H17BrN4O. The molecule has 0 atom stereocenters. The van der Waals surface area contributed by atoms with E-state index < -0.39 is 0 Å². The van der Waals surface area contributed by atoms with Crippen LogP contribution < -0.4 is 15.0 Å². The number of rotatable bonds is 5. The molecule has 2 rings (SSSR count). The molecule has 0 aliphatic carbocycles. The highest BCUT2D eigenvalue weighted by Crippen LogP contribution is 2.24. The Labute approximate surface area is 127 Å². The summed E-state index contributed by atoms with van der Waals surface area (Å²) in [5.74, 6) is 2.31. The van der Waals surface area contributed by atoms with Crippen molar-refractivity contribution in [3.8, 4) is 5.75 Å². The van der Waals surface area contributed by atoms with Crippen LogP contribution in [0.2, 0.25) is 0 Å². The van der Waals surface area contributed by atoms with E-state index in [-0.39, 0.29) is 0 Å². The number of ether oxygens (including phenoxy) is 1. The molecule has 0 aliphatic rings. The molecule has 5 nitrogen and oxygen atoms in total. The Hall–Kier alpha value is -1.82. The first-order valence-corrected chi connectivity index (χ1v) is 6.97. The van der Waals surface area contributed by atoms with E-state index in [0.29, 0.717) is 5.95 Å². The van der Waals surface area contributed by atoms with Crippen molar-refractivity contribution in [1.82, 2.24) is 9.97 Å². The first-order valence-electron chi connectivity index (χ1n) is 6.18. The minimum atomic E-state index is 0.602. The van der Waals surface area contributed by atoms with Gasteiger partial charge in [0.2, 0.25) is 5.95 Å². The first-order chi connectivity index (χ1) is 9.63. The average molecular weight is 337 g/mol. The van der Waals surface area contributed by atoms with Gasteiger partial charge in [-0.3, -0.25) is 0 Å². The number of halogens is 1. The van der Waals surface area contributed by atoms with Crippen LogP contribution >= 0.6 is 15.9 Å². The van der Waals surface area contributed by atoms with Crippen LogP contribution in [0.5, 0.6) is 5.75 Å². The Morgan fingerprint density at radius 3 is 2.60 bits per heavy atom. The lowest BCUT2D eigenvalue weighted by Crippen LogP contribution is -2.19. The van der Waals surface area contributed by atoms with E-state index in [2.05, 4.69) is 36.1 Å². The lowest BCUT2D eigenvalue weighted by atomic mass is 10.2. The lowest BCUT2D eigenvalue weighted by Gasteiger charge is -2.20. The molecule has 20 heavy (non-hydrogen) atoms. The van der Waals surface area contributed by atoms with Gasteiger partial charge in [-0.2, -0.15) is 4.98 Å². The SMILES string of the molecule is CNc1ncc(Br)c(N(C)Cc2ccc(OC)cc2)n1. The molecule has 0 amide bonds. The molecule has 0 saturated carbocycles. The number of nitrogens with zero attached hydrogens (tertiary/aromatic N) is 3. The van der Waals surface area contributed by atoms with Gasteiger partial charge in [-0.15, -0.1) is 0 Å². The predicted octanol–water partition coefficient (Wildman–Crippen LogP) is 2.93. The Morgan fingerprint density at radius 2 is 2.00 bits per heavy atom. The molecule has 1 aromatic heterocycles. The summed E-state index contributed by atoms with van der Waals surface area (Å²) < 4.78 is 6.03. The van der Waals surface area contributed by atoms with Crippen LogP contribution in [0.4, 0.5) is 11.8 Å². The van der Waals surface area contributed by atoms with Gasteiger partial charge in [-0.05, 0) is 33.6 Å². The van der Waals surface area contributed by atoms with Crippen molar-refractivity contribution in [2.75, 3.05) is 31.4 Å². The zero-order chi connectivity index (χ0) is 14.5. The van der Waals surface area contributed by atoms with Crippen LogP contribution in [0.15, 0.2) is 34.9 Å². The minimum Gasteiger partial charge on any atom is -0.497 e. The van der Waals surface area contributed by atoms with E-state index in [0.717, 1.165) is 22.6 Å². The second kappa shape index (κ2) is 6.56. The molecule has 1 N–H and O–H groups in total. The molecule has 0 bridgehead atoms. The number of hydrogen-bond donors (Lipinski definition) is 1. The summed E-state index contributed by atoms with van der Waals surface area (Å²) in [6.07, 6.45) is 1.75. The molecular weight excluding hydrogens is 320 g/mol. The standard InChI is InChI=1S/C14H17BrN4O/c1-16-14-17-8-12(15)13(18-14)19(2)9-10-4-6-11(20-3)7-5-10/h4-8H,9H2,1-3H3,(H,16,17,18). The summed E-state index contributed by atoms with van der Waals surface area (Å²) in [4.78, 5) is 10.7. The van der Waals surface area contributed by atoms with Crippen LogP contribution in [-0.4, -0.2) is 31.2 Å². The van der Waals surface area contributed by atoms with Crippen molar-refractivity contribution in [3.05, 3.63) is 40.5 Å². The second-order valence-corrected chi connectivity index (χ2v) is 5.17. The Morgan fingerprint density at radius 1 is 1.30 bits per heavy atom. The number of nitrogens with one attached hydrogen (secondary N) is 1. The van der Waals surface area contributed by atoms with E-state index in [9.17, 15) is 0 Å². The molecule has 0 spiro atoms. The van der Waals surface area contributed by atoms with Gasteiger partial charge in [0.05, 0.1) is 11.6 Å². The topological polar surface area (TPSA) is 50.3 Å². The van der Waals surface area contributed by atoms with E-state index >= 15 is 0 Å². The molecule has 0 radical (unpaired) electrons.